The van der Waals surface area contributed by atoms with E-state index in [1.807, 2.05) is 12.1 Å². The Morgan fingerprint density at radius 3 is 2.79 bits per heavy atom. The average Bonchev–Trinajstić information content (AvgIpc) is 2.61. The molecule has 1 aliphatic rings. The van der Waals surface area contributed by atoms with Crippen molar-refractivity contribution in [1.29, 1.82) is 0 Å². The molecule has 6 nitrogen and oxygen atoms in total. The fraction of sp³-hybridized carbons (Fsp3) is 0.444. The van der Waals surface area contributed by atoms with E-state index >= 15 is 0 Å². The summed E-state index contributed by atoms with van der Waals surface area (Å²) in [5, 5.41) is 12.8. The second-order valence-electron chi connectivity index (χ2n) is 6.07. The van der Waals surface area contributed by atoms with Crippen LogP contribution in [0.5, 0.6) is 5.75 Å². The van der Waals surface area contributed by atoms with Crippen molar-refractivity contribution in [3.05, 3.63) is 35.4 Å². The van der Waals surface area contributed by atoms with Crippen LogP contribution in [0.15, 0.2) is 33.8 Å². The third-order valence-electron chi connectivity index (χ3n) is 4.32. The Morgan fingerprint density at radius 2 is 2.08 bits per heavy atom. The lowest BCUT2D eigenvalue weighted by atomic mass is 10.1. The van der Waals surface area contributed by atoms with Gasteiger partial charge in [0.1, 0.15) is 17.9 Å². The van der Waals surface area contributed by atoms with Gasteiger partial charge in [-0.15, -0.1) is 0 Å². The molecule has 0 atom stereocenters. The second kappa shape index (κ2) is 7.49. The number of fused-ring (bicyclic) bond motifs is 1. The Hall–Kier alpha value is -2.34. The number of ether oxygens (including phenoxy) is 1. The molecule has 1 N–H and O–H groups in total. The molecule has 1 aliphatic heterocycles. The van der Waals surface area contributed by atoms with Crippen molar-refractivity contribution in [2.75, 3.05) is 26.2 Å². The highest BCUT2D eigenvalue weighted by Gasteiger charge is 2.11. The van der Waals surface area contributed by atoms with Crippen molar-refractivity contribution < 1.29 is 19.2 Å². The van der Waals surface area contributed by atoms with Crippen molar-refractivity contribution >= 4 is 16.8 Å². The zero-order chi connectivity index (χ0) is 16.9. The number of benzene rings is 1. The van der Waals surface area contributed by atoms with E-state index in [1.54, 1.807) is 12.1 Å². The Bertz CT molecular complexity index is 791. The normalized spacial score (nSPS) is 16.5. The lowest BCUT2D eigenvalue weighted by molar-refractivity contribution is 0.101. The molecule has 128 valence electrons. The minimum absolute atomic E-state index is 0.0829. The predicted octanol–water partition coefficient (Wildman–Crippen LogP) is 2.79. The Balaban J connectivity index is 1.73. The van der Waals surface area contributed by atoms with E-state index < -0.39 is 0 Å². The highest BCUT2D eigenvalue weighted by atomic mass is 16.5. The lowest BCUT2D eigenvalue weighted by Crippen LogP contribution is -2.33. The first-order chi connectivity index (χ1) is 11.7. The van der Waals surface area contributed by atoms with Gasteiger partial charge in [-0.05, 0) is 56.2 Å². The van der Waals surface area contributed by atoms with E-state index in [4.69, 9.17) is 14.4 Å². The predicted molar refractivity (Wildman–Crippen MR) is 89.4 cm³/mol. The Morgan fingerprint density at radius 1 is 1.29 bits per heavy atom. The number of hydrogen-bond donors (Lipinski definition) is 1. The number of carbonyl (C=O) groups is 1. The van der Waals surface area contributed by atoms with Gasteiger partial charge < -0.3 is 14.4 Å². The summed E-state index contributed by atoms with van der Waals surface area (Å²) in [6, 6.07) is 7.11. The molecule has 2 aromatic rings. The summed E-state index contributed by atoms with van der Waals surface area (Å²) >= 11 is 0. The zero-order valence-corrected chi connectivity index (χ0v) is 13.8. The standard InChI is InChI=1S/C18H22N2O4/c1-13(21)16-11-14-5-6-15(12-17(14)24-18(16)19-22)23-10-9-20-7-3-2-4-8-20/h5-6,11-12,22H,2-4,7-10H2,1H3. The summed E-state index contributed by atoms with van der Waals surface area (Å²) in [6.07, 6.45) is 3.85. The molecular formula is C18H22N2O4. The van der Waals surface area contributed by atoms with Crippen LogP contribution in [0.1, 0.15) is 36.5 Å². The van der Waals surface area contributed by atoms with Crippen molar-refractivity contribution in [1.82, 2.24) is 4.90 Å². The van der Waals surface area contributed by atoms with Crippen molar-refractivity contribution in [3.63, 3.8) is 0 Å². The summed E-state index contributed by atoms with van der Waals surface area (Å²) in [7, 11) is 0. The first kappa shape index (κ1) is 16.5. The van der Waals surface area contributed by atoms with Gasteiger partial charge in [-0.25, -0.2) is 0 Å². The minimum Gasteiger partial charge on any atom is -0.492 e. The third-order valence-corrected chi connectivity index (χ3v) is 4.32. The first-order valence-electron chi connectivity index (χ1n) is 8.29. The van der Waals surface area contributed by atoms with Gasteiger partial charge in [-0.2, -0.15) is 0 Å². The first-order valence-corrected chi connectivity index (χ1v) is 8.29. The van der Waals surface area contributed by atoms with Gasteiger partial charge in [0.15, 0.2) is 5.78 Å². The molecular weight excluding hydrogens is 308 g/mol. The highest BCUT2D eigenvalue weighted by molar-refractivity contribution is 5.96. The number of likely N-dealkylation sites (tertiary alicyclic amines) is 1. The zero-order valence-electron chi connectivity index (χ0n) is 13.8. The number of carbonyl (C=O) groups excluding carboxylic acids is 1. The molecule has 0 radical (unpaired) electrons. The quantitative estimate of drug-likeness (QED) is 0.518. The average molecular weight is 330 g/mol. The van der Waals surface area contributed by atoms with Gasteiger partial charge in [0, 0.05) is 18.0 Å². The number of ketones is 1. The molecule has 6 heteroatoms. The molecule has 0 bridgehead atoms. The molecule has 1 aromatic carbocycles. The van der Waals surface area contributed by atoms with Crippen LogP contribution in [0.4, 0.5) is 0 Å². The number of rotatable bonds is 5. The van der Waals surface area contributed by atoms with Gasteiger partial charge >= 0.3 is 0 Å². The maximum Gasteiger partial charge on any atom is 0.266 e. The van der Waals surface area contributed by atoms with Crippen LogP contribution >= 0.6 is 0 Å². The fourth-order valence-electron chi connectivity index (χ4n) is 2.99. The van der Waals surface area contributed by atoms with Gasteiger partial charge in [0.05, 0.1) is 5.56 Å². The number of hydrogen-bond acceptors (Lipinski definition) is 6. The molecule has 1 aromatic heterocycles. The molecule has 0 spiro atoms. The van der Waals surface area contributed by atoms with Gasteiger partial charge in [0.25, 0.3) is 5.55 Å². The molecule has 1 fully saturated rings. The maximum atomic E-state index is 11.6. The van der Waals surface area contributed by atoms with E-state index in [-0.39, 0.29) is 16.9 Å². The number of Topliss-reactive ketones (excluding diaryl/α,β-unsaturated/α-hetero) is 1. The fourth-order valence-corrected chi connectivity index (χ4v) is 2.99. The van der Waals surface area contributed by atoms with Gasteiger partial charge in [-0.1, -0.05) is 6.42 Å². The number of nitrogens with zero attached hydrogens (tertiary/aromatic N) is 2. The van der Waals surface area contributed by atoms with E-state index in [9.17, 15) is 4.79 Å². The van der Waals surface area contributed by atoms with Gasteiger partial charge in [-0.3, -0.25) is 9.69 Å². The minimum atomic E-state index is -0.213. The van der Waals surface area contributed by atoms with Gasteiger partial charge in [0.2, 0.25) is 0 Å². The molecule has 24 heavy (non-hydrogen) atoms. The van der Waals surface area contributed by atoms with Crippen LogP contribution in [0.2, 0.25) is 0 Å². The Kier molecular flexibility index (Phi) is 5.15. The van der Waals surface area contributed by atoms with Crippen LogP contribution in [-0.4, -0.2) is 42.1 Å². The summed E-state index contributed by atoms with van der Waals surface area (Å²) in [6.45, 7) is 5.23. The third kappa shape index (κ3) is 3.76. The number of piperidine rings is 1. The molecule has 1 saturated heterocycles. The molecule has 0 saturated carbocycles. The van der Waals surface area contributed by atoms with E-state index in [0.29, 0.717) is 17.9 Å². The largest absolute Gasteiger partial charge is 0.492 e. The summed E-state index contributed by atoms with van der Waals surface area (Å²) in [5.74, 6) is 0.484. The van der Waals surface area contributed by atoms with Crippen LogP contribution in [-0.2, 0) is 0 Å². The lowest BCUT2D eigenvalue weighted by Gasteiger charge is -2.26. The van der Waals surface area contributed by atoms with Crippen LogP contribution in [0.25, 0.3) is 11.0 Å². The topological polar surface area (TPSA) is 75.3 Å². The summed E-state index contributed by atoms with van der Waals surface area (Å²) in [4.78, 5) is 14.0. The van der Waals surface area contributed by atoms with E-state index in [1.165, 1.54) is 26.2 Å². The van der Waals surface area contributed by atoms with Crippen LogP contribution in [0.3, 0.4) is 0 Å². The summed E-state index contributed by atoms with van der Waals surface area (Å²) in [5.41, 5.74) is 0.688. The van der Waals surface area contributed by atoms with E-state index in [0.717, 1.165) is 25.0 Å². The molecule has 0 unspecified atom stereocenters. The molecule has 2 heterocycles. The SMILES string of the molecule is CC(=O)c1cc2ccc(OCCN3CCCCC3)cc2oc1=NO. The maximum absolute atomic E-state index is 11.6. The van der Waals surface area contributed by atoms with Crippen molar-refractivity contribution in [3.8, 4) is 5.75 Å². The smallest absolute Gasteiger partial charge is 0.266 e. The molecule has 3 rings (SSSR count). The monoisotopic (exact) mass is 330 g/mol. The highest BCUT2D eigenvalue weighted by Crippen LogP contribution is 2.21. The molecule has 0 aliphatic carbocycles. The Labute approximate surface area is 140 Å². The van der Waals surface area contributed by atoms with Crippen molar-refractivity contribution in [2.24, 2.45) is 5.16 Å². The second-order valence-corrected chi connectivity index (χ2v) is 6.07. The van der Waals surface area contributed by atoms with Crippen LogP contribution < -0.4 is 10.3 Å². The van der Waals surface area contributed by atoms with Crippen molar-refractivity contribution in [2.45, 2.75) is 26.2 Å². The molecule has 0 amide bonds. The van der Waals surface area contributed by atoms with E-state index in [2.05, 4.69) is 10.1 Å². The van der Waals surface area contributed by atoms with Crippen LogP contribution in [0, 0.1) is 0 Å². The summed E-state index contributed by atoms with van der Waals surface area (Å²) < 4.78 is 11.3.